The number of aryl methyl sites for hydroxylation is 2. The zero-order chi connectivity index (χ0) is 44.9. The molecule has 3 N–H and O–H groups in total. The van der Waals surface area contributed by atoms with E-state index in [1.165, 1.54) is 32.5 Å². The van der Waals surface area contributed by atoms with E-state index < -0.39 is 17.8 Å². The van der Waals surface area contributed by atoms with Crippen LogP contribution < -0.4 is 25.4 Å². The lowest BCUT2D eigenvalue weighted by molar-refractivity contribution is -0.136. The second kappa shape index (κ2) is 20.2. The number of halogens is 1. The van der Waals surface area contributed by atoms with Crippen molar-refractivity contribution in [2.24, 2.45) is 0 Å². The largest absolute Gasteiger partial charge is 0.493 e. The molecule has 2 unspecified atom stereocenters. The van der Waals surface area contributed by atoms with Crippen LogP contribution in [0, 0.1) is 12.7 Å². The van der Waals surface area contributed by atoms with Crippen LogP contribution in [0.25, 0.3) is 22.0 Å². The Morgan fingerprint density at radius 3 is 2.50 bits per heavy atom. The predicted octanol–water partition coefficient (Wildman–Crippen LogP) is 8.85. The van der Waals surface area contributed by atoms with Gasteiger partial charge in [0.1, 0.15) is 23.5 Å². The Labute approximate surface area is 379 Å². The first kappa shape index (κ1) is 45.1. The SMILES string of the molecule is CNCc1ccccc1-c1csc(C(C)Nc2nc(C)nc3c(CCCCCCCN4CCC(c5cc(F)cc6c5CN(C5CCC(=O)NC5=O)C6=O)CC4)c(OC)c(OC)cc23)c1. The molecule has 3 aromatic carbocycles. The summed E-state index contributed by atoms with van der Waals surface area (Å²) in [5.41, 5.74) is 7.71. The molecular formula is C50H60FN7O5S. The van der Waals surface area contributed by atoms with E-state index in [9.17, 15) is 18.8 Å². The lowest BCUT2D eigenvalue weighted by Gasteiger charge is -2.33. The highest BCUT2D eigenvalue weighted by Gasteiger charge is 2.41. The van der Waals surface area contributed by atoms with Gasteiger partial charge in [0.25, 0.3) is 5.91 Å². The average Bonchev–Trinajstić information content (AvgIpc) is 3.91. The number of carbonyl (C=O) groups is 3. The van der Waals surface area contributed by atoms with E-state index in [0.717, 1.165) is 117 Å². The number of fused-ring (bicyclic) bond motifs is 2. The number of ether oxygens (including phenoxy) is 2. The second-order valence-electron chi connectivity index (χ2n) is 17.5. The van der Waals surface area contributed by atoms with Crippen molar-refractivity contribution in [2.75, 3.05) is 46.2 Å². The van der Waals surface area contributed by atoms with Gasteiger partial charge >= 0.3 is 0 Å². The first-order chi connectivity index (χ1) is 31.1. The Morgan fingerprint density at radius 2 is 1.73 bits per heavy atom. The van der Waals surface area contributed by atoms with Crippen LogP contribution in [-0.2, 0) is 29.1 Å². The number of aromatic nitrogens is 2. The molecule has 8 rings (SSSR count). The summed E-state index contributed by atoms with van der Waals surface area (Å²) < 4.78 is 26.8. The molecule has 338 valence electrons. The van der Waals surface area contributed by atoms with Crippen molar-refractivity contribution in [3.05, 3.63) is 98.2 Å². The monoisotopic (exact) mass is 889 g/mol. The Balaban J connectivity index is 0.841. The van der Waals surface area contributed by atoms with E-state index in [2.05, 4.69) is 63.5 Å². The number of nitrogens with zero attached hydrogens (tertiary/aromatic N) is 4. The molecule has 2 fully saturated rings. The van der Waals surface area contributed by atoms with Crippen LogP contribution in [0.1, 0.15) is 120 Å². The molecule has 3 aliphatic rings. The quantitative estimate of drug-likeness (QED) is 0.0578. The maximum absolute atomic E-state index is 14.9. The molecule has 0 radical (unpaired) electrons. The van der Waals surface area contributed by atoms with Crippen molar-refractivity contribution in [1.29, 1.82) is 0 Å². The van der Waals surface area contributed by atoms with Crippen molar-refractivity contribution < 1.29 is 28.2 Å². The summed E-state index contributed by atoms with van der Waals surface area (Å²) in [4.78, 5) is 52.8. The number of piperidine rings is 2. The van der Waals surface area contributed by atoms with Crippen molar-refractivity contribution in [2.45, 2.75) is 109 Å². The molecule has 64 heavy (non-hydrogen) atoms. The molecule has 0 spiro atoms. The molecule has 5 heterocycles. The number of hydrogen-bond acceptors (Lipinski definition) is 11. The molecule has 3 amide bonds. The van der Waals surface area contributed by atoms with Gasteiger partial charge in [0, 0.05) is 40.9 Å². The van der Waals surface area contributed by atoms with Crippen LogP contribution in [0.2, 0.25) is 0 Å². The average molecular weight is 890 g/mol. The fourth-order valence-corrected chi connectivity index (χ4v) is 10.8. The zero-order valence-corrected chi connectivity index (χ0v) is 38.5. The fourth-order valence-electron chi connectivity index (χ4n) is 9.91. The van der Waals surface area contributed by atoms with Gasteiger partial charge in [0.15, 0.2) is 11.5 Å². The third-order valence-electron chi connectivity index (χ3n) is 13.2. The Bertz CT molecular complexity index is 2520. The number of methoxy groups -OCH3 is 2. The second-order valence-corrected chi connectivity index (χ2v) is 18.4. The maximum atomic E-state index is 14.9. The standard InChI is InChI=1S/C50H60FN7O5S/c1-30(44-23-34(29-64-44)36-14-11-10-13-33(36)27-52-3)53-48-40-26-43(62-4)47(63-5)37(46(40)54-31(2)55-48)15-9-7-6-8-12-20-57-21-18-32(19-22-57)38-24-35(51)25-39-41(38)28-58(50(39)61)42-16-17-45(59)56-49(42)60/h10-11,13-14,23-26,29-30,32,42,52H,6-9,12,15-22,27-28H2,1-5H3,(H,53,54,55)(H,56,59,60). The van der Waals surface area contributed by atoms with Gasteiger partial charge in [-0.15, -0.1) is 11.3 Å². The number of carbonyl (C=O) groups excluding carboxylic acids is 3. The van der Waals surface area contributed by atoms with E-state index in [1.54, 1.807) is 31.6 Å². The van der Waals surface area contributed by atoms with Gasteiger partial charge in [-0.3, -0.25) is 19.7 Å². The number of hydrogen-bond donors (Lipinski definition) is 3. The summed E-state index contributed by atoms with van der Waals surface area (Å²) in [7, 11) is 5.34. The number of anilines is 1. The van der Waals surface area contributed by atoms with E-state index in [-0.39, 0.29) is 43.2 Å². The molecular weight excluding hydrogens is 830 g/mol. The van der Waals surface area contributed by atoms with E-state index in [0.29, 0.717) is 17.1 Å². The number of thiophene rings is 1. The Hall–Kier alpha value is -5.44. The van der Waals surface area contributed by atoms with Crippen LogP contribution in [0.15, 0.2) is 53.9 Å². The molecule has 5 aromatic rings. The lowest BCUT2D eigenvalue weighted by Crippen LogP contribution is -2.52. The fraction of sp³-hybridized carbons (Fsp3) is 0.460. The first-order valence-corrected chi connectivity index (χ1v) is 23.6. The van der Waals surface area contributed by atoms with Crippen LogP contribution >= 0.6 is 11.3 Å². The topological polar surface area (TPSA) is 138 Å². The van der Waals surface area contributed by atoms with Crippen LogP contribution in [0.3, 0.4) is 0 Å². The number of unbranched alkanes of at least 4 members (excludes halogenated alkanes) is 4. The maximum Gasteiger partial charge on any atom is 0.255 e. The number of likely N-dealkylation sites (tertiary alicyclic amines) is 1. The number of benzene rings is 3. The van der Waals surface area contributed by atoms with Gasteiger partial charge < -0.3 is 29.9 Å². The molecule has 2 aromatic heterocycles. The van der Waals surface area contributed by atoms with Crippen molar-refractivity contribution >= 4 is 45.8 Å². The van der Waals surface area contributed by atoms with Gasteiger partial charge in [-0.25, -0.2) is 14.4 Å². The van der Waals surface area contributed by atoms with E-state index >= 15 is 0 Å². The van der Waals surface area contributed by atoms with Crippen LogP contribution in [0.4, 0.5) is 10.2 Å². The summed E-state index contributed by atoms with van der Waals surface area (Å²) in [5, 5.41) is 12.5. The van der Waals surface area contributed by atoms with Crippen molar-refractivity contribution in [3.63, 3.8) is 0 Å². The lowest BCUT2D eigenvalue weighted by atomic mass is 9.85. The number of nitrogens with one attached hydrogen (secondary N) is 3. The van der Waals surface area contributed by atoms with Gasteiger partial charge in [0.2, 0.25) is 11.8 Å². The third kappa shape index (κ3) is 9.64. The molecule has 0 bridgehead atoms. The minimum Gasteiger partial charge on any atom is -0.493 e. The molecule has 14 heteroatoms. The van der Waals surface area contributed by atoms with E-state index in [4.69, 9.17) is 19.4 Å². The molecule has 12 nitrogen and oxygen atoms in total. The molecule has 2 atom stereocenters. The highest BCUT2D eigenvalue weighted by atomic mass is 32.1. The van der Waals surface area contributed by atoms with Gasteiger partial charge in [-0.05, 0) is 142 Å². The smallest absolute Gasteiger partial charge is 0.255 e. The minimum atomic E-state index is -0.714. The molecule has 0 aliphatic carbocycles. The van der Waals surface area contributed by atoms with Crippen LogP contribution in [-0.4, -0.2) is 84.4 Å². The first-order valence-electron chi connectivity index (χ1n) is 22.8. The van der Waals surface area contributed by atoms with Crippen molar-refractivity contribution in [1.82, 2.24) is 30.4 Å². The zero-order valence-electron chi connectivity index (χ0n) is 37.7. The Morgan fingerprint density at radius 1 is 0.953 bits per heavy atom. The molecule has 0 saturated carbocycles. The van der Waals surface area contributed by atoms with Crippen LogP contribution in [0.5, 0.6) is 11.5 Å². The van der Waals surface area contributed by atoms with E-state index in [1.807, 2.05) is 20.0 Å². The summed E-state index contributed by atoms with van der Waals surface area (Å²) >= 11 is 1.75. The van der Waals surface area contributed by atoms with Gasteiger partial charge in [-0.2, -0.15) is 0 Å². The third-order valence-corrected chi connectivity index (χ3v) is 14.3. The summed E-state index contributed by atoms with van der Waals surface area (Å²) in [6.07, 6.45) is 8.47. The Kier molecular flexibility index (Phi) is 14.2. The number of rotatable bonds is 18. The highest BCUT2D eigenvalue weighted by molar-refractivity contribution is 7.10. The highest BCUT2D eigenvalue weighted by Crippen LogP contribution is 2.42. The molecule has 3 aliphatic heterocycles. The predicted molar refractivity (Wildman–Crippen MR) is 250 cm³/mol. The van der Waals surface area contributed by atoms with Gasteiger partial charge in [0.05, 0.1) is 25.8 Å². The minimum absolute atomic E-state index is 0.0108. The summed E-state index contributed by atoms with van der Waals surface area (Å²) in [5.74, 6) is 1.47. The normalized spacial score (nSPS) is 17.5. The van der Waals surface area contributed by atoms with Gasteiger partial charge in [-0.1, -0.05) is 43.5 Å². The summed E-state index contributed by atoms with van der Waals surface area (Å²) in [6.45, 7) is 8.04. The van der Waals surface area contributed by atoms with Crippen molar-refractivity contribution in [3.8, 4) is 22.6 Å². The number of amides is 3. The summed E-state index contributed by atoms with van der Waals surface area (Å²) in [6, 6.07) is 15.0. The number of imide groups is 1. The molecule has 2 saturated heterocycles.